The standard InChI is InChI=1S/C11H17N3O2/c1-11(2,16-3)10(15)14-9-5-4-8(6-12)7-13-9/h4-5,7H,6,12H2,1-3H3,(H,13,14,15). The van der Waals surface area contributed by atoms with Crippen molar-refractivity contribution in [1.29, 1.82) is 0 Å². The molecule has 5 heteroatoms. The van der Waals surface area contributed by atoms with Crippen LogP contribution in [-0.2, 0) is 16.1 Å². The van der Waals surface area contributed by atoms with E-state index < -0.39 is 5.60 Å². The monoisotopic (exact) mass is 223 g/mol. The van der Waals surface area contributed by atoms with Crippen LogP contribution in [0.15, 0.2) is 18.3 Å². The Kier molecular flexibility index (Phi) is 3.98. The van der Waals surface area contributed by atoms with Crippen LogP contribution in [0.1, 0.15) is 19.4 Å². The summed E-state index contributed by atoms with van der Waals surface area (Å²) in [5, 5.41) is 2.67. The molecule has 0 aliphatic rings. The first kappa shape index (κ1) is 12.6. The van der Waals surface area contributed by atoms with Gasteiger partial charge in [0.2, 0.25) is 0 Å². The van der Waals surface area contributed by atoms with Gasteiger partial charge in [0, 0.05) is 19.9 Å². The predicted octanol–water partition coefficient (Wildman–Crippen LogP) is 0.904. The summed E-state index contributed by atoms with van der Waals surface area (Å²) in [5.74, 6) is 0.260. The Labute approximate surface area is 95.0 Å². The molecular formula is C11H17N3O2. The Morgan fingerprint density at radius 2 is 2.25 bits per heavy atom. The highest BCUT2D eigenvalue weighted by Gasteiger charge is 2.27. The Morgan fingerprint density at radius 1 is 1.56 bits per heavy atom. The summed E-state index contributed by atoms with van der Waals surface area (Å²) in [6.07, 6.45) is 1.63. The zero-order valence-electron chi connectivity index (χ0n) is 9.78. The summed E-state index contributed by atoms with van der Waals surface area (Å²) in [5.41, 5.74) is 5.50. The van der Waals surface area contributed by atoms with Crippen molar-refractivity contribution in [3.05, 3.63) is 23.9 Å². The van der Waals surface area contributed by atoms with Crippen molar-refractivity contribution in [3.8, 4) is 0 Å². The largest absolute Gasteiger partial charge is 0.369 e. The normalized spacial score (nSPS) is 11.2. The molecule has 0 unspecified atom stereocenters. The Bertz CT molecular complexity index is 360. The minimum absolute atomic E-state index is 0.233. The van der Waals surface area contributed by atoms with Gasteiger partial charge in [-0.3, -0.25) is 4.79 Å². The van der Waals surface area contributed by atoms with E-state index in [1.807, 2.05) is 6.07 Å². The number of amides is 1. The number of aromatic nitrogens is 1. The maximum absolute atomic E-state index is 11.7. The lowest BCUT2D eigenvalue weighted by molar-refractivity contribution is -0.133. The molecule has 0 saturated heterocycles. The zero-order chi connectivity index (χ0) is 12.2. The molecule has 0 aromatic carbocycles. The van der Waals surface area contributed by atoms with E-state index in [0.717, 1.165) is 5.56 Å². The molecule has 0 saturated carbocycles. The molecule has 1 aromatic rings. The maximum atomic E-state index is 11.7. The Balaban J connectivity index is 2.70. The van der Waals surface area contributed by atoms with Gasteiger partial charge in [-0.2, -0.15) is 0 Å². The number of carbonyl (C=O) groups excluding carboxylic acids is 1. The van der Waals surface area contributed by atoms with Gasteiger partial charge in [0.05, 0.1) is 0 Å². The Morgan fingerprint density at radius 3 is 2.69 bits per heavy atom. The number of ether oxygens (including phenoxy) is 1. The first-order chi connectivity index (χ1) is 7.49. The molecule has 0 radical (unpaired) electrons. The second-order valence-electron chi connectivity index (χ2n) is 3.92. The van der Waals surface area contributed by atoms with Gasteiger partial charge in [0.25, 0.3) is 5.91 Å². The van der Waals surface area contributed by atoms with Crippen LogP contribution < -0.4 is 11.1 Å². The lowest BCUT2D eigenvalue weighted by Crippen LogP contribution is -2.39. The van der Waals surface area contributed by atoms with Crippen molar-refractivity contribution < 1.29 is 9.53 Å². The van der Waals surface area contributed by atoms with Gasteiger partial charge in [-0.25, -0.2) is 4.98 Å². The number of nitrogens with zero attached hydrogens (tertiary/aromatic N) is 1. The van der Waals surface area contributed by atoms with E-state index in [-0.39, 0.29) is 5.91 Å². The quantitative estimate of drug-likeness (QED) is 0.795. The van der Waals surface area contributed by atoms with E-state index in [1.165, 1.54) is 7.11 Å². The van der Waals surface area contributed by atoms with Crippen LogP contribution in [0.4, 0.5) is 5.82 Å². The topological polar surface area (TPSA) is 77.2 Å². The summed E-state index contributed by atoms with van der Waals surface area (Å²) in [7, 11) is 1.49. The summed E-state index contributed by atoms with van der Waals surface area (Å²) < 4.78 is 5.06. The van der Waals surface area contributed by atoms with Crippen LogP contribution in [-0.4, -0.2) is 23.6 Å². The molecule has 0 aliphatic heterocycles. The minimum atomic E-state index is -0.867. The van der Waals surface area contributed by atoms with Crippen molar-refractivity contribution in [2.45, 2.75) is 26.0 Å². The van der Waals surface area contributed by atoms with Crippen molar-refractivity contribution in [1.82, 2.24) is 4.98 Å². The summed E-state index contributed by atoms with van der Waals surface area (Å²) in [4.78, 5) is 15.8. The third kappa shape index (κ3) is 3.01. The molecule has 1 rings (SSSR count). The van der Waals surface area contributed by atoms with Crippen molar-refractivity contribution in [2.75, 3.05) is 12.4 Å². The van der Waals surface area contributed by atoms with E-state index in [1.54, 1.807) is 26.1 Å². The maximum Gasteiger partial charge on any atom is 0.257 e. The van der Waals surface area contributed by atoms with E-state index in [9.17, 15) is 4.79 Å². The second kappa shape index (κ2) is 5.05. The first-order valence-corrected chi connectivity index (χ1v) is 5.01. The third-order valence-electron chi connectivity index (χ3n) is 2.36. The second-order valence-corrected chi connectivity index (χ2v) is 3.92. The number of hydrogen-bond donors (Lipinski definition) is 2. The van der Waals surface area contributed by atoms with Crippen molar-refractivity contribution >= 4 is 11.7 Å². The molecule has 1 heterocycles. The highest BCUT2D eigenvalue weighted by Crippen LogP contribution is 2.12. The number of pyridine rings is 1. The lowest BCUT2D eigenvalue weighted by atomic mass is 10.1. The van der Waals surface area contributed by atoms with Crippen LogP contribution in [0.3, 0.4) is 0 Å². The summed E-state index contributed by atoms with van der Waals surface area (Å²) in [6, 6.07) is 3.54. The third-order valence-corrected chi connectivity index (χ3v) is 2.36. The predicted molar refractivity (Wildman–Crippen MR) is 61.8 cm³/mol. The van der Waals surface area contributed by atoms with E-state index >= 15 is 0 Å². The van der Waals surface area contributed by atoms with Gasteiger partial charge in [0.1, 0.15) is 11.4 Å². The molecule has 16 heavy (non-hydrogen) atoms. The highest BCUT2D eigenvalue weighted by atomic mass is 16.5. The molecule has 0 atom stereocenters. The van der Waals surface area contributed by atoms with Crippen LogP contribution >= 0.6 is 0 Å². The van der Waals surface area contributed by atoms with E-state index in [2.05, 4.69) is 10.3 Å². The fourth-order valence-electron chi connectivity index (χ4n) is 0.979. The smallest absolute Gasteiger partial charge is 0.257 e. The molecule has 5 nitrogen and oxygen atoms in total. The number of rotatable bonds is 4. The lowest BCUT2D eigenvalue weighted by Gasteiger charge is -2.21. The van der Waals surface area contributed by atoms with Crippen molar-refractivity contribution in [3.63, 3.8) is 0 Å². The van der Waals surface area contributed by atoms with Gasteiger partial charge in [-0.1, -0.05) is 6.07 Å². The average Bonchev–Trinajstić information content (AvgIpc) is 2.30. The number of hydrogen-bond acceptors (Lipinski definition) is 4. The van der Waals surface area contributed by atoms with Crippen LogP contribution in [0.25, 0.3) is 0 Å². The van der Waals surface area contributed by atoms with E-state index in [0.29, 0.717) is 12.4 Å². The molecule has 1 aromatic heterocycles. The molecule has 0 fully saturated rings. The number of nitrogens with one attached hydrogen (secondary N) is 1. The molecule has 0 spiro atoms. The first-order valence-electron chi connectivity index (χ1n) is 5.01. The number of anilines is 1. The number of methoxy groups -OCH3 is 1. The van der Waals surface area contributed by atoms with Gasteiger partial charge >= 0.3 is 0 Å². The van der Waals surface area contributed by atoms with Gasteiger partial charge in [0.15, 0.2) is 0 Å². The highest BCUT2D eigenvalue weighted by molar-refractivity contribution is 5.95. The molecular weight excluding hydrogens is 206 g/mol. The fourth-order valence-corrected chi connectivity index (χ4v) is 0.979. The SMILES string of the molecule is COC(C)(C)C(=O)Nc1ccc(CN)cn1. The average molecular weight is 223 g/mol. The molecule has 1 amide bonds. The fraction of sp³-hybridized carbons (Fsp3) is 0.455. The van der Waals surface area contributed by atoms with Gasteiger partial charge in [-0.05, 0) is 25.5 Å². The zero-order valence-corrected chi connectivity index (χ0v) is 9.78. The summed E-state index contributed by atoms with van der Waals surface area (Å²) in [6.45, 7) is 3.82. The number of carbonyl (C=O) groups is 1. The van der Waals surface area contributed by atoms with Gasteiger partial charge in [-0.15, -0.1) is 0 Å². The van der Waals surface area contributed by atoms with Crippen LogP contribution in [0, 0.1) is 0 Å². The molecule has 0 bridgehead atoms. The van der Waals surface area contributed by atoms with Crippen molar-refractivity contribution in [2.24, 2.45) is 5.73 Å². The van der Waals surface area contributed by atoms with E-state index in [4.69, 9.17) is 10.5 Å². The molecule has 88 valence electrons. The van der Waals surface area contributed by atoms with Crippen LogP contribution in [0.2, 0.25) is 0 Å². The van der Waals surface area contributed by atoms with Gasteiger partial charge < -0.3 is 15.8 Å². The minimum Gasteiger partial charge on any atom is -0.369 e. The summed E-state index contributed by atoms with van der Waals surface area (Å²) >= 11 is 0. The van der Waals surface area contributed by atoms with Crippen LogP contribution in [0.5, 0.6) is 0 Å². The molecule has 3 N–H and O–H groups in total. The molecule has 0 aliphatic carbocycles. The Hall–Kier alpha value is -1.46. The number of nitrogens with two attached hydrogens (primary N) is 1.